The van der Waals surface area contributed by atoms with Crippen LogP contribution in [0.4, 0.5) is 21.8 Å². The lowest BCUT2D eigenvalue weighted by atomic mass is 10.3. The molecule has 7 heteroatoms. The Bertz CT molecular complexity index is 624. The number of hydrogen-bond donors (Lipinski definition) is 2. The fourth-order valence-electron chi connectivity index (χ4n) is 1.70. The molecule has 0 bridgehead atoms. The molecule has 0 aliphatic rings. The van der Waals surface area contributed by atoms with E-state index in [1.807, 2.05) is 13.0 Å². The van der Waals surface area contributed by atoms with Gasteiger partial charge < -0.3 is 15.4 Å². The van der Waals surface area contributed by atoms with Crippen LogP contribution in [0.3, 0.4) is 0 Å². The van der Waals surface area contributed by atoms with E-state index < -0.39 is 5.82 Å². The summed E-state index contributed by atoms with van der Waals surface area (Å²) in [6, 6.07) is 6.18. The van der Waals surface area contributed by atoms with E-state index in [4.69, 9.17) is 16.3 Å². The monoisotopic (exact) mass is 310 g/mol. The van der Waals surface area contributed by atoms with Crippen molar-refractivity contribution in [3.8, 4) is 0 Å². The minimum Gasteiger partial charge on any atom is -0.383 e. The maximum Gasteiger partial charge on any atom is 0.229 e. The van der Waals surface area contributed by atoms with E-state index in [0.29, 0.717) is 30.6 Å². The quantitative estimate of drug-likeness (QED) is 0.801. The van der Waals surface area contributed by atoms with Crippen molar-refractivity contribution < 1.29 is 9.13 Å². The highest BCUT2D eigenvalue weighted by atomic mass is 35.5. The average molecular weight is 311 g/mol. The summed E-state index contributed by atoms with van der Waals surface area (Å²) in [7, 11) is 1.64. The Balaban J connectivity index is 2.13. The van der Waals surface area contributed by atoms with Gasteiger partial charge in [-0.15, -0.1) is 0 Å². The first-order valence-corrected chi connectivity index (χ1v) is 6.77. The first-order valence-electron chi connectivity index (χ1n) is 6.39. The third kappa shape index (κ3) is 4.54. The van der Waals surface area contributed by atoms with Crippen LogP contribution in [0.5, 0.6) is 0 Å². The number of ether oxygens (including phenoxy) is 1. The molecule has 21 heavy (non-hydrogen) atoms. The van der Waals surface area contributed by atoms with E-state index in [1.54, 1.807) is 13.2 Å². The molecule has 1 aromatic heterocycles. The van der Waals surface area contributed by atoms with Gasteiger partial charge in [0.05, 0.1) is 11.6 Å². The molecule has 5 nitrogen and oxygen atoms in total. The minimum atomic E-state index is -0.464. The molecule has 0 spiro atoms. The van der Waals surface area contributed by atoms with Crippen LogP contribution in [0.25, 0.3) is 0 Å². The standard InChI is InChI=1S/C14H16ClFN4O/c1-9-7-13(17-5-6-21-2)20-14(18-9)19-10-3-4-12(16)11(15)8-10/h3-4,7-8H,5-6H2,1-2H3,(H2,17,18,19,20). The number of aromatic nitrogens is 2. The number of methoxy groups -OCH3 is 1. The molecule has 2 rings (SSSR count). The number of anilines is 3. The van der Waals surface area contributed by atoms with Gasteiger partial charge in [0.2, 0.25) is 5.95 Å². The summed E-state index contributed by atoms with van der Waals surface area (Å²) in [5.74, 6) is 0.641. The molecule has 0 saturated carbocycles. The number of benzene rings is 1. The van der Waals surface area contributed by atoms with Crippen LogP contribution in [0.15, 0.2) is 24.3 Å². The number of nitrogens with one attached hydrogen (secondary N) is 2. The second-order valence-electron chi connectivity index (χ2n) is 4.39. The molecule has 1 heterocycles. The molecule has 0 aliphatic heterocycles. The molecule has 0 atom stereocenters. The fourth-order valence-corrected chi connectivity index (χ4v) is 1.88. The van der Waals surface area contributed by atoms with Gasteiger partial charge in [-0.3, -0.25) is 0 Å². The van der Waals surface area contributed by atoms with Gasteiger partial charge in [0.15, 0.2) is 0 Å². The normalized spacial score (nSPS) is 10.5. The van der Waals surface area contributed by atoms with E-state index in [-0.39, 0.29) is 5.02 Å². The Morgan fingerprint density at radius 2 is 2.10 bits per heavy atom. The highest BCUT2D eigenvalue weighted by molar-refractivity contribution is 6.31. The van der Waals surface area contributed by atoms with Gasteiger partial charge in [-0.2, -0.15) is 4.98 Å². The molecule has 1 aromatic carbocycles. The van der Waals surface area contributed by atoms with Gasteiger partial charge in [0.1, 0.15) is 11.6 Å². The highest BCUT2D eigenvalue weighted by Gasteiger charge is 2.05. The van der Waals surface area contributed by atoms with Gasteiger partial charge in [0, 0.05) is 31.1 Å². The molecule has 0 amide bonds. The maximum absolute atomic E-state index is 13.1. The first-order chi connectivity index (χ1) is 10.1. The van der Waals surface area contributed by atoms with Crippen LogP contribution < -0.4 is 10.6 Å². The maximum atomic E-state index is 13.1. The van der Waals surface area contributed by atoms with Gasteiger partial charge in [0.25, 0.3) is 0 Å². The second kappa shape index (κ2) is 7.19. The van der Waals surface area contributed by atoms with E-state index in [0.717, 1.165) is 5.69 Å². The van der Waals surface area contributed by atoms with Gasteiger partial charge in [-0.05, 0) is 25.1 Å². The van der Waals surface area contributed by atoms with Crippen LogP contribution in [-0.4, -0.2) is 30.2 Å². The average Bonchev–Trinajstić information content (AvgIpc) is 2.43. The van der Waals surface area contributed by atoms with Crippen molar-refractivity contribution in [2.75, 3.05) is 30.9 Å². The third-order valence-electron chi connectivity index (χ3n) is 2.64. The van der Waals surface area contributed by atoms with Gasteiger partial charge in [-0.25, -0.2) is 9.37 Å². The predicted molar refractivity (Wildman–Crippen MR) is 81.8 cm³/mol. The van der Waals surface area contributed by atoms with Gasteiger partial charge in [-0.1, -0.05) is 11.6 Å². The highest BCUT2D eigenvalue weighted by Crippen LogP contribution is 2.22. The van der Waals surface area contributed by atoms with Crippen molar-refractivity contribution in [3.63, 3.8) is 0 Å². The summed E-state index contributed by atoms with van der Waals surface area (Å²) in [6.45, 7) is 3.10. The second-order valence-corrected chi connectivity index (χ2v) is 4.80. The fraction of sp³-hybridized carbons (Fsp3) is 0.286. The summed E-state index contributed by atoms with van der Waals surface area (Å²) in [6.07, 6.45) is 0. The number of nitrogens with zero attached hydrogens (tertiary/aromatic N) is 2. The Hall–Kier alpha value is -1.92. The molecule has 0 fully saturated rings. The Labute approximate surface area is 127 Å². The number of hydrogen-bond acceptors (Lipinski definition) is 5. The number of rotatable bonds is 6. The van der Waals surface area contributed by atoms with E-state index >= 15 is 0 Å². The minimum absolute atomic E-state index is 0.0473. The molecule has 2 aromatic rings. The van der Waals surface area contributed by atoms with Crippen molar-refractivity contribution in [1.82, 2.24) is 9.97 Å². The van der Waals surface area contributed by atoms with Crippen molar-refractivity contribution in [2.24, 2.45) is 0 Å². The zero-order valence-electron chi connectivity index (χ0n) is 11.8. The van der Waals surface area contributed by atoms with E-state index in [2.05, 4.69) is 20.6 Å². The molecular formula is C14H16ClFN4O. The smallest absolute Gasteiger partial charge is 0.229 e. The Morgan fingerprint density at radius 3 is 2.81 bits per heavy atom. The lowest BCUT2D eigenvalue weighted by Crippen LogP contribution is -2.10. The first kappa shape index (κ1) is 15.5. The lowest BCUT2D eigenvalue weighted by Gasteiger charge is -2.10. The van der Waals surface area contributed by atoms with Crippen LogP contribution in [0, 0.1) is 12.7 Å². The van der Waals surface area contributed by atoms with Crippen molar-refractivity contribution >= 4 is 29.1 Å². The summed E-state index contributed by atoms with van der Waals surface area (Å²) in [5, 5.41) is 6.18. The van der Waals surface area contributed by atoms with Crippen LogP contribution in [0.2, 0.25) is 5.02 Å². The Kier molecular flexibility index (Phi) is 5.30. The van der Waals surface area contributed by atoms with Crippen molar-refractivity contribution in [3.05, 3.63) is 40.8 Å². The van der Waals surface area contributed by atoms with Gasteiger partial charge >= 0.3 is 0 Å². The molecular weight excluding hydrogens is 295 g/mol. The number of aryl methyl sites for hydroxylation is 1. The topological polar surface area (TPSA) is 59.1 Å². The van der Waals surface area contributed by atoms with Crippen molar-refractivity contribution in [1.29, 1.82) is 0 Å². The molecule has 0 radical (unpaired) electrons. The predicted octanol–water partition coefficient (Wildman–Crippen LogP) is 3.38. The summed E-state index contributed by atoms with van der Waals surface area (Å²) in [5.41, 5.74) is 1.43. The molecule has 2 N–H and O–H groups in total. The zero-order valence-corrected chi connectivity index (χ0v) is 12.5. The summed E-state index contributed by atoms with van der Waals surface area (Å²) in [4.78, 5) is 8.61. The van der Waals surface area contributed by atoms with E-state index in [9.17, 15) is 4.39 Å². The Morgan fingerprint density at radius 1 is 1.29 bits per heavy atom. The lowest BCUT2D eigenvalue weighted by molar-refractivity contribution is 0.210. The third-order valence-corrected chi connectivity index (χ3v) is 2.93. The molecule has 0 unspecified atom stereocenters. The van der Waals surface area contributed by atoms with Crippen LogP contribution >= 0.6 is 11.6 Å². The zero-order chi connectivity index (χ0) is 15.2. The van der Waals surface area contributed by atoms with Crippen LogP contribution in [-0.2, 0) is 4.74 Å². The number of halogens is 2. The van der Waals surface area contributed by atoms with Crippen LogP contribution in [0.1, 0.15) is 5.69 Å². The summed E-state index contributed by atoms with van der Waals surface area (Å²) >= 11 is 5.75. The van der Waals surface area contributed by atoms with Crippen molar-refractivity contribution in [2.45, 2.75) is 6.92 Å². The van der Waals surface area contributed by atoms with E-state index in [1.165, 1.54) is 12.1 Å². The molecule has 112 valence electrons. The largest absolute Gasteiger partial charge is 0.383 e. The SMILES string of the molecule is COCCNc1cc(C)nc(Nc2ccc(F)c(Cl)c2)n1. The molecule has 0 aliphatic carbocycles. The molecule has 0 saturated heterocycles. The summed E-state index contributed by atoms with van der Waals surface area (Å²) < 4.78 is 18.1.